The van der Waals surface area contributed by atoms with Gasteiger partial charge in [-0.1, -0.05) is 96.1 Å². The summed E-state index contributed by atoms with van der Waals surface area (Å²) in [4.78, 5) is 72.5. The molecule has 10 heteroatoms. The summed E-state index contributed by atoms with van der Waals surface area (Å²) in [6, 6.07) is 41.6. The SMILES string of the molecule is Cc1cc(C)c([C@H]2[C@H]3C(=O)N(c4ccc(Cc5ccc(N6C(=O)[C@H]7[C@H](ON(c8ccccc8)[C@H]7c7c(C)cc(C)cc7C)C6=O)cc5)cc4)C(=O)[C@H]3ON2c2ccccc2)c(C)c1. The first-order valence-corrected chi connectivity index (χ1v) is 21.5. The van der Waals surface area contributed by atoms with Gasteiger partial charge >= 0.3 is 0 Å². The Morgan fingerprint density at radius 1 is 0.413 bits per heavy atom. The van der Waals surface area contributed by atoms with Crippen LogP contribution in [0.15, 0.2) is 133 Å². The van der Waals surface area contributed by atoms with Gasteiger partial charge in [0.15, 0.2) is 12.2 Å². The maximum Gasteiger partial charge on any atom is 0.266 e. The normalized spacial score (nSPS) is 23.0. The maximum atomic E-state index is 14.4. The summed E-state index contributed by atoms with van der Waals surface area (Å²) in [6.45, 7) is 12.3. The highest BCUT2D eigenvalue weighted by Crippen LogP contribution is 2.51. The summed E-state index contributed by atoms with van der Waals surface area (Å²) in [6.07, 6.45) is -1.38. The molecule has 4 amide bonds. The van der Waals surface area contributed by atoms with Crippen LogP contribution in [0, 0.1) is 53.4 Å². The highest BCUT2D eigenvalue weighted by molar-refractivity contribution is 6.24. The van der Waals surface area contributed by atoms with E-state index in [0.29, 0.717) is 17.8 Å². The molecular formula is C53H48N4O6. The van der Waals surface area contributed by atoms with Crippen LogP contribution in [0.3, 0.4) is 0 Å². The predicted octanol–water partition coefficient (Wildman–Crippen LogP) is 9.23. The van der Waals surface area contributed by atoms with Crippen molar-refractivity contribution in [1.29, 1.82) is 0 Å². The monoisotopic (exact) mass is 836 g/mol. The van der Waals surface area contributed by atoms with Gasteiger partial charge in [0.2, 0.25) is 11.8 Å². The van der Waals surface area contributed by atoms with Crippen molar-refractivity contribution < 1.29 is 28.9 Å². The van der Waals surface area contributed by atoms with Gasteiger partial charge in [-0.2, -0.15) is 0 Å². The fourth-order valence-electron chi connectivity index (χ4n) is 10.6. The average molecular weight is 837 g/mol. The molecule has 0 unspecified atom stereocenters. The molecule has 316 valence electrons. The van der Waals surface area contributed by atoms with Crippen LogP contribution in [0.25, 0.3) is 0 Å². The van der Waals surface area contributed by atoms with Crippen LogP contribution in [-0.4, -0.2) is 35.8 Å². The molecule has 63 heavy (non-hydrogen) atoms. The topological polar surface area (TPSA) is 99.7 Å². The van der Waals surface area contributed by atoms with Crippen molar-refractivity contribution in [2.75, 3.05) is 19.9 Å². The fraction of sp³-hybridized carbons (Fsp3) is 0.245. The molecule has 6 aromatic rings. The van der Waals surface area contributed by atoms with Crippen molar-refractivity contribution in [3.05, 3.63) is 189 Å². The first-order chi connectivity index (χ1) is 30.4. The summed E-state index contributed by atoms with van der Waals surface area (Å²) in [5, 5.41) is 3.50. The average Bonchev–Trinajstić information content (AvgIpc) is 3.97. The number of hydrogen-bond donors (Lipinski definition) is 0. The van der Waals surface area contributed by atoms with E-state index < -0.39 is 36.1 Å². The van der Waals surface area contributed by atoms with E-state index in [1.807, 2.05) is 113 Å². The van der Waals surface area contributed by atoms with E-state index in [-0.39, 0.29) is 23.6 Å². The molecule has 4 saturated heterocycles. The molecule has 0 spiro atoms. The molecule has 0 radical (unpaired) electrons. The van der Waals surface area contributed by atoms with Crippen molar-refractivity contribution in [2.45, 2.75) is 72.3 Å². The second-order valence-electron chi connectivity index (χ2n) is 17.5. The number of aryl methyl sites for hydroxylation is 6. The van der Waals surface area contributed by atoms with E-state index >= 15 is 0 Å². The van der Waals surface area contributed by atoms with E-state index in [2.05, 4.69) is 38.1 Å². The Kier molecular flexibility index (Phi) is 9.88. The van der Waals surface area contributed by atoms with Crippen molar-refractivity contribution in [3.63, 3.8) is 0 Å². The number of benzene rings is 6. The van der Waals surface area contributed by atoms with Crippen molar-refractivity contribution in [2.24, 2.45) is 11.8 Å². The smallest absolute Gasteiger partial charge is 0.266 e. The minimum atomic E-state index is -0.967. The fourth-order valence-corrected chi connectivity index (χ4v) is 10.6. The lowest BCUT2D eigenvalue weighted by atomic mass is 9.85. The van der Waals surface area contributed by atoms with E-state index in [4.69, 9.17) is 9.68 Å². The van der Waals surface area contributed by atoms with Gasteiger partial charge in [-0.15, -0.1) is 0 Å². The third-order valence-electron chi connectivity index (χ3n) is 13.1. The lowest BCUT2D eigenvalue weighted by molar-refractivity contribution is -0.127. The summed E-state index contributed by atoms with van der Waals surface area (Å²) in [5.41, 5.74) is 12.9. The third kappa shape index (κ3) is 6.63. The molecule has 4 fully saturated rings. The summed E-state index contributed by atoms with van der Waals surface area (Å²) in [7, 11) is 0. The third-order valence-corrected chi connectivity index (χ3v) is 13.1. The zero-order valence-corrected chi connectivity index (χ0v) is 36.1. The maximum absolute atomic E-state index is 14.4. The van der Waals surface area contributed by atoms with Gasteiger partial charge in [-0.25, -0.2) is 19.9 Å². The van der Waals surface area contributed by atoms with Crippen LogP contribution < -0.4 is 19.9 Å². The molecule has 0 bridgehead atoms. The summed E-state index contributed by atoms with van der Waals surface area (Å²) in [5.74, 6) is -2.83. The number of amides is 4. The van der Waals surface area contributed by atoms with Crippen LogP contribution in [0.2, 0.25) is 0 Å². The first-order valence-electron chi connectivity index (χ1n) is 21.5. The first kappa shape index (κ1) is 40.2. The second kappa shape index (κ2) is 15.5. The van der Waals surface area contributed by atoms with E-state index in [0.717, 1.165) is 67.0 Å². The van der Waals surface area contributed by atoms with Crippen LogP contribution in [0.1, 0.15) is 67.7 Å². The van der Waals surface area contributed by atoms with Crippen LogP contribution in [0.5, 0.6) is 0 Å². The molecule has 0 saturated carbocycles. The number of rotatable bonds is 8. The second-order valence-corrected chi connectivity index (χ2v) is 17.5. The number of imide groups is 2. The van der Waals surface area contributed by atoms with Gasteiger partial charge in [0.25, 0.3) is 11.8 Å². The van der Waals surface area contributed by atoms with E-state index in [1.54, 1.807) is 34.4 Å². The molecule has 4 aliphatic rings. The van der Waals surface area contributed by atoms with Gasteiger partial charge < -0.3 is 0 Å². The van der Waals surface area contributed by atoms with Gasteiger partial charge in [0.05, 0.1) is 34.8 Å². The number of para-hydroxylation sites is 2. The Morgan fingerprint density at radius 3 is 1.08 bits per heavy atom. The Balaban J connectivity index is 0.869. The van der Waals surface area contributed by atoms with E-state index in [1.165, 1.54) is 9.80 Å². The Labute approximate surface area is 367 Å². The number of fused-ring (bicyclic) bond motifs is 2. The molecule has 0 aromatic heterocycles. The highest BCUT2D eigenvalue weighted by atomic mass is 16.7. The Morgan fingerprint density at radius 2 is 0.746 bits per heavy atom. The zero-order chi connectivity index (χ0) is 43.8. The molecule has 0 aliphatic carbocycles. The molecule has 6 atom stereocenters. The van der Waals surface area contributed by atoms with Crippen LogP contribution in [0.4, 0.5) is 22.7 Å². The molecule has 4 aliphatic heterocycles. The lowest BCUT2D eigenvalue weighted by Crippen LogP contribution is -2.37. The molecule has 6 aromatic carbocycles. The number of carbonyl (C=O) groups is 4. The minimum absolute atomic E-state index is 0.292. The summed E-state index contributed by atoms with van der Waals surface area (Å²) >= 11 is 0. The number of hydroxylamine groups is 2. The molecule has 10 nitrogen and oxygen atoms in total. The van der Waals surface area contributed by atoms with Crippen LogP contribution >= 0.6 is 0 Å². The minimum Gasteiger partial charge on any atom is -0.273 e. The van der Waals surface area contributed by atoms with E-state index in [9.17, 15) is 19.2 Å². The standard InChI is InChI=1S/C53H48N4O6/c1-30-25-32(3)42(33(4)26-30)46-44-48(62-56(46)40-13-9-7-10-14-40)52(60)54(50(44)58)38-21-17-36(18-22-38)29-37-19-23-39(24-20-37)55-51(59)45-47(43-34(5)27-31(2)28-35(43)6)57(63-49(45)53(55)61)41-15-11-8-12-16-41/h7-28,44-49H,29H2,1-6H3/t44-,45-,46+,47+,48+,49+/m1/s1. The zero-order valence-electron chi connectivity index (χ0n) is 36.1. The number of carbonyl (C=O) groups excluding carboxylic acids is 4. The number of anilines is 4. The molecule has 0 N–H and O–H groups in total. The Bertz CT molecular complexity index is 2570. The highest BCUT2D eigenvalue weighted by Gasteiger charge is 2.62. The lowest BCUT2D eigenvalue weighted by Gasteiger charge is -2.31. The number of hydrogen-bond acceptors (Lipinski definition) is 8. The predicted molar refractivity (Wildman–Crippen MR) is 242 cm³/mol. The van der Waals surface area contributed by atoms with Crippen LogP contribution in [-0.2, 0) is 35.3 Å². The number of nitrogens with zero attached hydrogens (tertiary/aromatic N) is 4. The van der Waals surface area contributed by atoms with Gasteiger partial charge in [-0.05, 0) is 141 Å². The van der Waals surface area contributed by atoms with Gasteiger partial charge in [0.1, 0.15) is 11.8 Å². The van der Waals surface area contributed by atoms with Gasteiger partial charge in [0, 0.05) is 0 Å². The Hall–Kier alpha value is -6.88. The quantitative estimate of drug-likeness (QED) is 0.140. The molecule has 10 rings (SSSR count). The largest absolute Gasteiger partial charge is 0.273 e. The molecular weight excluding hydrogens is 789 g/mol. The summed E-state index contributed by atoms with van der Waals surface area (Å²) < 4.78 is 0. The van der Waals surface area contributed by atoms with Gasteiger partial charge in [-0.3, -0.25) is 28.9 Å². The van der Waals surface area contributed by atoms with Crippen molar-refractivity contribution in [3.8, 4) is 0 Å². The van der Waals surface area contributed by atoms with Crippen molar-refractivity contribution >= 4 is 46.4 Å². The van der Waals surface area contributed by atoms with Crippen molar-refractivity contribution in [1.82, 2.24) is 0 Å². The molecule has 4 heterocycles.